The van der Waals surface area contributed by atoms with Gasteiger partial charge in [0.25, 0.3) is 0 Å². The van der Waals surface area contributed by atoms with E-state index in [1.54, 1.807) is 22.3 Å². The van der Waals surface area contributed by atoms with Crippen LogP contribution in [0.15, 0.2) is 67.3 Å². The first kappa shape index (κ1) is 22.6. The fraction of sp³-hybridized carbons (Fsp3) is 0.333. The lowest BCUT2D eigenvalue weighted by Gasteiger charge is -2.41. The smallest absolute Gasteiger partial charge is 0.320 e. The highest BCUT2D eigenvalue weighted by atomic mass is 35.5. The number of β-amino-alcohol motifs (C(OH)–C–C–N with tert-alkyl or cyclic N) is 1. The summed E-state index contributed by atoms with van der Waals surface area (Å²) in [7, 11) is 0. The molecule has 1 N–H and O–H groups in total. The number of carbonyl (C=O) groups is 1. The second-order valence-corrected chi connectivity index (χ2v) is 9.26. The number of aliphatic hydroxyl groups is 1. The van der Waals surface area contributed by atoms with E-state index in [-0.39, 0.29) is 12.6 Å². The van der Waals surface area contributed by atoms with Crippen molar-refractivity contribution in [3.05, 3.63) is 88.4 Å². The average Bonchev–Trinajstić information content (AvgIpc) is 3.25. The summed E-state index contributed by atoms with van der Waals surface area (Å²) in [5, 5.41) is 12.5. The summed E-state index contributed by atoms with van der Waals surface area (Å²) in [5.74, 6) is 0. The molecule has 2 aromatic carbocycles. The molecule has 0 bridgehead atoms. The minimum absolute atomic E-state index is 0.117. The summed E-state index contributed by atoms with van der Waals surface area (Å²) in [6.45, 7) is 2.09. The van der Waals surface area contributed by atoms with Gasteiger partial charge in [-0.25, -0.2) is 9.78 Å². The monoisotopic (exact) mass is 472 g/mol. The minimum Gasteiger partial charge on any atom is -0.386 e. The van der Waals surface area contributed by atoms with Gasteiger partial charge in [0.05, 0.1) is 19.4 Å². The van der Waals surface area contributed by atoms with Crippen LogP contribution in [0.4, 0.5) is 4.79 Å². The lowest BCUT2D eigenvalue weighted by Crippen LogP contribution is -2.55. The van der Waals surface area contributed by atoms with Crippen LogP contribution in [0.1, 0.15) is 24.0 Å². The number of nitrogens with zero attached hydrogens (tertiary/aromatic N) is 4. The van der Waals surface area contributed by atoms with Crippen LogP contribution in [0, 0.1) is 0 Å². The third-order valence-electron chi connectivity index (χ3n) is 5.66. The van der Waals surface area contributed by atoms with Gasteiger partial charge in [-0.2, -0.15) is 0 Å². The predicted octanol–water partition coefficient (Wildman–Crippen LogP) is 4.84. The Labute approximate surface area is 198 Å². The fourth-order valence-electron chi connectivity index (χ4n) is 4.23. The van der Waals surface area contributed by atoms with Crippen molar-refractivity contribution >= 4 is 29.2 Å². The first-order valence-electron chi connectivity index (χ1n) is 10.6. The number of amides is 2. The summed E-state index contributed by atoms with van der Waals surface area (Å²) in [4.78, 5) is 21.2. The zero-order chi connectivity index (χ0) is 22.6. The van der Waals surface area contributed by atoms with Crippen LogP contribution in [-0.2, 0) is 19.6 Å². The Hall–Kier alpha value is -2.54. The van der Waals surface area contributed by atoms with Gasteiger partial charge in [-0.05, 0) is 48.2 Å². The highest BCUT2D eigenvalue weighted by Gasteiger charge is 2.37. The molecule has 1 aliphatic heterocycles. The third-order valence-corrected chi connectivity index (χ3v) is 6.13. The summed E-state index contributed by atoms with van der Waals surface area (Å²) >= 11 is 12.3. The van der Waals surface area contributed by atoms with Crippen molar-refractivity contribution in [2.75, 3.05) is 13.1 Å². The number of imidazole rings is 1. The predicted molar refractivity (Wildman–Crippen MR) is 126 cm³/mol. The number of hydrogen-bond donors (Lipinski definition) is 1. The van der Waals surface area contributed by atoms with E-state index in [1.807, 2.05) is 59.3 Å². The van der Waals surface area contributed by atoms with Gasteiger partial charge in [0.2, 0.25) is 0 Å². The van der Waals surface area contributed by atoms with Gasteiger partial charge in [0.1, 0.15) is 5.60 Å². The number of rotatable bonds is 6. The second kappa shape index (κ2) is 9.94. The van der Waals surface area contributed by atoms with Gasteiger partial charge in [-0.3, -0.25) is 0 Å². The van der Waals surface area contributed by atoms with Gasteiger partial charge < -0.3 is 19.5 Å². The Morgan fingerprint density at radius 2 is 1.75 bits per heavy atom. The quantitative estimate of drug-likeness (QED) is 0.558. The maximum atomic E-state index is 13.6. The molecule has 0 saturated carbocycles. The molecule has 1 atom stereocenters. The van der Waals surface area contributed by atoms with Crippen molar-refractivity contribution in [3.63, 3.8) is 0 Å². The number of hydrogen-bond acceptors (Lipinski definition) is 3. The number of benzene rings is 2. The molecule has 32 heavy (non-hydrogen) atoms. The van der Waals surface area contributed by atoms with Crippen molar-refractivity contribution in [2.24, 2.45) is 0 Å². The number of halogens is 2. The van der Waals surface area contributed by atoms with Crippen LogP contribution in [-0.4, -0.2) is 49.2 Å². The zero-order valence-corrected chi connectivity index (χ0v) is 19.2. The molecule has 2 amide bonds. The topological polar surface area (TPSA) is 61.6 Å². The van der Waals surface area contributed by atoms with E-state index >= 15 is 0 Å². The SMILES string of the molecule is O=C(N(Cc1cccc(Cl)c1)Cc1cccc(Cl)c1)N1CCCC(O)(Cn2ccnc2)C1. The molecule has 3 aromatic rings. The van der Waals surface area contributed by atoms with Crippen molar-refractivity contribution in [1.29, 1.82) is 0 Å². The van der Waals surface area contributed by atoms with E-state index in [0.29, 0.717) is 42.6 Å². The summed E-state index contributed by atoms with van der Waals surface area (Å²) in [6, 6.07) is 14.9. The summed E-state index contributed by atoms with van der Waals surface area (Å²) < 4.78 is 1.85. The molecule has 0 aliphatic carbocycles. The average molecular weight is 473 g/mol. The number of likely N-dealkylation sites (tertiary alicyclic amines) is 1. The molecule has 4 rings (SSSR count). The van der Waals surface area contributed by atoms with Crippen LogP contribution in [0.2, 0.25) is 10.0 Å². The molecule has 1 aromatic heterocycles. The van der Waals surface area contributed by atoms with E-state index < -0.39 is 5.60 Å². The molecule has 1 unspecified atom stereocenters. The zero-order valence-electron chi connectivity index (χ0n) is 17.7. The van der Waals surface area contributed by atoms with E-state index in [1.165, 1.54) is 0 Å². The first-order chi connectivity index (χ1) is 15.4. The third kappa shape index (κ3) is 5.82. The van der Waals surface area contributed by atoms with Crippen molar-refractivity contribution in [1.82, 2.24) is 19.4 Å². The highest BCUT2D eigenvalue weighted by Crippen LogP contribution is 2.25. The maximum absolute atomic E-state index is 13.6. The number of urea groups is 1. The molecule has 1 fully saturated rings. The standard InChI is InChI=1S/C24H26Cl2N4O2/c25-21-6-1-4-19(12-21)14-30(15-20-5-2-7-22(26)13-20)23(31)29-10-3-8-24(32,17-29)16-28-11-9-27-18-28/h1-2,4-7,9,11-13,18,32H,3,8,10,14-17H2. The molecule has 1 saturated heterocycles. The first-order valence-corrected chi connectivity index (χ1v) is 11.4. The van der Waals surface area contributed by atoms with Gasteiger partial charge in [-0.1, -0.05) is 47.5 Å². The van der Waals surface area contributed by atoms with Gasteiger partial charge in [0.15, 0.2) is 0 Å². The van der Waals surface area contributed by atoms with Crippen LogP contribution in [0.3, 0.4) is 0 Å². The number of aromatic nitrogens is 2. The van der Waals surface area contributed by atoms with Gasteiger partial charge in [-0.15, -0.1) is 0 Å². The Bertz CT molecular complexity index is 1010. The van der Waals surface area contributed by atoms with Crippen LogP contribution in [0.5, 0.6) is 0 Å². The van der Waals surface area contributed by atoms with Crippen molar-refractivity contribution in [3.8, 4) is 0 Å². The number of carbonyl (C=O) groups excluding carboxylic acids is 1. The van der Waals surface area contributed by atoms with Crippen LogP contribution < -0.4 is 0 Å². The molecule has 168 valence electrons. The lowest BCUT2D eigenvalue weighted by atomic mass is 9.93. The van der Waals surface area contributed by atoms with Crippen molar-refractivity contribution in [2.45, 2.75) is 38.1 Å². The number of piperidine rings is 1. The van der Waals surface area contributed by atoms with Crippen LogP contribution in [0.25, 0.3) is 0 Å². The Balaban J connectivity index is 1.54. The maximum Gasteiger partial charge on any atom is 0.320 e. The molecule has 1 aliphatic rings. The van der Waals surface area contributed by atoms with Crippen LogP contribution >= 0.6 is 23.2 Å². The Kier molecular flexibility index (Phi) is 7.04. The Morgan fingerprint density at radius 3 is 2.31 bits per heavy atom. The molecule has 2 heterocycles. The highest BCUT2D eigenvalue weighted by molar-refractivity contribution is 6.30. The molecule has 0 radical (unpaired) electrons. The van der Waals surface area contributed by atoms with Crippen molar-refractivity contribution < 1.29 is 9.90 Å². The summed E-state index contributed by atoms with van der Waals surface area (Å²) in [5.41, 5.74) is 0.893. The Morgan fingerprint density at radius 1 is 1.09 bits per heavy atom. The van der Waals surface area contributed by atoms with E-state index in [4.69, 9.17) is 23.2 Å². The van der Waals surface area contributed by atoms with E-state index in [0.717, 1.165) is 17.5 Å². The largest absolute Gasteiger partial charge is 0.386 e. The van der Waals surface area contributed by atoms with E-state index in [2.05, 4.69) is 4.98 Å². The molecule has 6 nitrogen and oxygen atoms in total. The fourth-order valence-corrected chi connectivity index (χ4v) is 4.65. The normalized spacial score (nSPS) is 18.5. The van der Waals surface area contributed by atoms with Gasteiger partial charge in [0, 0.05) is 42.1 Å². The lowest BCUT2D eigenvalue weighted by molar-refractivity contribution is -0.0356. The van der Waals surface area contributed by atoms with E-state index in [9.17, 15) is 9.90 Å². The summed E-state index contributed by atoms with van der Waals surface area (Å²) in [6.07, 6.45) is 6.57. The molecular weight excluding hydrogens is 447 g/mol. The molecular formula is C24H26Cl2N4O2. The second-order valence-electron chi connectivity index (χ2n) is 8.38. The van der Waals surface area contributed by atoms with Gasteiger partial charge >= 0.3 is 6.03 Å². The molecule has 0 spiro atoms. The molecule has 8 heteroatoms. The minimum atomic E-state index is -0.994.